The average Bonchev–Trinajstić information content (AvgIpc) is 3.09. The minimum absolute atomic E-state index is 0.366. The molecule has 0 aliphatic heterocycles. The number of carbonyl (C=O) groups excluding carboxylic acids is 1. The van der Waals surface area contributed by atoms with Gasteiger partial charge in [-0.05, 0) is 44.9 Å². The van der Waals surface area contributed by atoms with Crippen molar-refractivity contribution in [2.24, 2.45) is 0 Å². The van der Waals surface area contributed by atoms with Crippen LogP contribution in [-0.4, -0.2) is 46.1 Å². The summed E-state index contributed by atoms with van der Waals surface area (Å²) in [5.41, 5.74) is 0. The second-order valence-corrected chi connectivity index (χ2v) is 14.6. The number of hydrogen-bond donors (Lipinski definition) is 4. The predicted octanol–water partition coefficient (Wildman–Crippen LogP) is 11.8. The summed E-state index contributed by atoms with van der Waals surface area (Å²) < 4.78 is 0. The van der Waals surface area contributed by atoms with Crippen molar-refractivity contribution >= 4 is 5.91 Å². The summed E-state index contributed by atoms with van der Waals surface area (Å²) in [6.45, 7) is 4.18. The number of aliphatic hydroxyl groups excluding tert-OH is 3. The van der Waals surface area contributed by atoms with Crippen LogP contribution in [0.5, 0.6) is 0 Å². The molecular formula is C43H83NO4. The van der Waals surface area contributed by atoms with Gasteiger partial charge in [0.25, 0.3) is 0 Å². The van der Waals surface area contributed by atoms with Crippen molar-refractivity contribution in [2.45, 2.75) is 238 Å². The van der Waals surface area contributed by atoms with E-state index < -0.39 is 24.2 Å². The molecule has 0 saturated heterocycles. The Balaban J connectivity index is 3.71. The van der Waals surface area contributed by atoms with E-state index >= 15 is 0 Å². The molecule has 0 fully saturated rings. The lowest BCUT2D eigenvalue weighted by Gasteiger charge is -2.21. The molecule has 0 spiro atoms. The topological polar surface area (TPSA) is 89.8 Å². The van der Waals surface area contributed by atoms with Crippen LogP contribution in [0.4, 0.5) is 0 Å². The van der Waals surface area contributed by atoms with E-state index in [1.54, 1.807) is 6.08 Å². The average molecular weight is 678 g/mol. The third kappa shape index (κ3) is 33.3. The van der Waals surface area contributed by atoms with E-state index in [-0.39, 0.29) is 6.61 Å². The molecule has 0 aliphatic rings. The molecule has 0 saturated carbocycles. The zero-order chi connectivity index (χ0) is 35.2. The first-order valence-electron chi connectivity index (χ1n) is 21.2. The van der Waals surface area contributed by atoms with Crippen LogP contribution < -0.4 is 5.32 Å². The van der Waals surface area contributed by atoms with Crippen molar-refractivity contribution in [3.8, 4) is 0 Å². The third-order valence-corrected chi connectivity index (χ3v) is 9.79. The Kier molecular flexibility index (Phi) is 37.7. The lowest BCUT2D eigenvalue weighted by molar-refractivity contribution is -0.131. The summed E-state index contributed by atoms with van der Waals surface area (Å²) >= 11 is 0. The van der Waals surface area contributed by atoms with Gasteiger partial charge in [-0.15, -0.1) is 0 Å². The molecule has 284 valence electrons. The van der Waals surface area contributed by atoms with E-state index in [0.29, 0.717) is 6.42 Å². The van der Waals surface area contributed by atoms with Crippen molar-refractivity contribution < 1.29 is 20.1 Å². The molecule has 0 aromatic heterocycles. The Morgan fingerprint density at radius 3 is 1.21 bits per heavy atom. The standard InChI is InChI=1S/C43H83NO4/c1-3-5-7-9-11-13-15-17-19-21-23-25-27-29-31-33-35-37-41(46)40(39-45)44-43(48)42(47)38-36-34-32-30-28-26-24-22-20-18-16-14-12-10-8-6-4-2/h24,26,35,37,40-42,45-47H,3-23,25,27-34,36,38-39H2,1-2H3,(H,44,48)/b26-24-,37-35+. The molecule has 0 aliphatic carbocycles. The van der Waals surface area contributed by atoms with Crippen LogP contribution in [0.1, 0.15) is 219 Å². The quantitative estimate of drug-likeness (QED) is 0.0387. The summed E-state index contributed by atoms with van der Waals surface area (Å²) in [4.78, 5) is 12.4. The number of rotatable bonds is 38. The summed E-state index contributed by atoms with van der Waals surface area (Å²) in [5.74, 6) is -0.511. The monoisotopic (exact) mass is 678 g/mol. The molecular weight excluding hydrogens is 594 g/mol. The van der Waals surface area contributed by atoms with E-state index in [1.807, 2.05) is 6.08 Å². The summed E-state index contributed by atoms with van der Waals surface area (Å²) in [5, 5.41) is 33.1. The number of carbonyl (C=O) groups is 1. The fourth-order valence-corrected chi connectivity index (χ4v) is 6.41. The molecule has 3 atom stereocenters. The zero-order valence-electron chi connectivity index (χ0n) is 32.1. The normalized spacial score (nSPS) is 13.9. The highest BCUT2D eigenvalue weighted by molar-refractivity contribution is 5.80. The van der Waals surface area contributed by atoms with E-state index in [1.165, 1.54) is 154 Å². The van der Waals surface area contributed by atoms with Gasteiger partial charge in [-0.1, -0.05) is 199 Å². The van der Waals surface area contributed by atoms with Gasteiger partial charge in [0, 0.05) is 0 Å². The molecule has 0 rings (SSSR count). The summed E-state index contributed by atoms with van der Waals surface area (Å²) in [6.07, 6.45) is 46.3. The minimum Gasteiger partial charge on any atom is -0.394 e. The second kappa shape index (κ2) is 38.6. The van der Waals surface area contributed by atoms with Crippen LogP contribution in [0.2, 0.25) is 0 Å². The molecule has 3 unspecified atom stereocenters. The number of unbranched alkanes of at least 4 members (excludes halogenated alkanes) is 28. The van der Waals surface area contributed by atoms with Gasteiger partial charge in [-0.25, -0.2) is 0 Å². The largest absolute Gasteiger partial charge is 0.394 e. The Bertz CT molecular complexity index is 709. The fourth-order valence-electron chi connectivity index (χ4n) is 6.41. The Morgan fingerprint density at radius 1 is 0.500 bits per heavy atom. The van der Waals surface area contributed by atoms with Crippen LogP contribution in [0, 0.1) is 0 Å². The Labute approximate surface area is 299 Å². The Morgan fingerprint density at radius 2 is 0.833 bits per heavy atom. The van der Waals surface area contributed by atoms with Crippen LogP contribution in [0.25, 0.3) is 0 Å². The van der Waals surface area contributed by atoms with Gasteiger partial charge in [0.05, 0.1) is 18.8 Å². The van der Waals surface area contributed by atoms with Crippen LogP contribution in [0.15, 0.2) is 24.3 Å². The molecule has 5 nitrogen and oxygen atoms in total. The highest BCUT2D eigenvalue weighted by atomic mass is 16.3. The molecule has 0 radical (unpaired) electrons. The SMILES string of the molecule is CCCCCCCCCCC/C=C\CCCCCCC(O)C(=O)NC(CO)C(O)/C=C/CCCCCCCCCCCCCCCCC. The van der Waals surface area contributed by atoms with Gasteiger partial charge in [-0.2, -0.15) is 0 Å². The first-order chi connectivity index (χ1) is 23.6. The van der Waals surface area contributed by atoms with E-state index in [2.05, 4.69) is 31.3 Å². The second-order valence-electron chi connectivity index (χ2n) is 14.6. The molecule has 0 aromatic carbocycles. The zero-order valence-corrected chi connectivity index (χ0v) is 32.1. The van der Waals surface area contributed by atoms with Crippen molar-refractivity contribution in [3.63, 3.8) is 0 Å². The van der Waals surface area contributed by atoms with Crippen molar-refractivity contribution in [2.75, 3.05) is 6.61 Å². The molecule has 0 bridgehead atoms. The maximum atomic E-state index is 12.4. The summed E-state index contributed by atoms with van der Waals surface area (Å²) in [7, 11) is 0. The number of allylic oxidation sites excluding steroid dienone is 3. The minimum atomic E-state index is -1.10. The van der Waals surface area contributed by atoms with Crippen LogP contribution >= 0.6 is 0 Å². The number of aliphatic hydroxyl groups is 3. The molecule has 4 N–H and O–H groups in total. The van der Waals surface area contributed by atoms with Gasteiger partial charge >= 0.3 is 0 Å². The van der Waals surface area contributed by atoms with Gasteiger partial charge in [0.2, 0.25) is 5.91 Å². The molecule has 0 heterocycles. The lowest BCUT2D eigenvalue weighted by Crippen LogP contribution is -2.48. The fraction of sp³-hybridized carbons (Fsp3) is 0.884. The first kappa shape index (κ1) is 46.8. The van der Waals surface area contributed by atoms with Gasteiger partial charge in [-0.3, -0.25) is 4.79 Å². The van der Waals surface area contributed by atoms with Gasteiger partial charge < -0.3 is 20.6 Å². The number of nitrogens with one attached hydrogen (secondary N) is 1. The number of hydrogen-bond acceptors (Lipinski definition) is 4. The van der Waals surface area contributed by atoms with E-state index in [0.717, 1.165) is 44.9 Å². The van der Waals surface area contributed by atoms with Gasteiger partial charge in [0.15, 0.2) is 0 Å². The van der Waals surface area contributed by atoms with Crippen LogP contribution in [0.3, 0.4) is 0 Å². The molecule has 0 aromatic rings. The van der Waals surface area contributed by atoms with Crippen molar-refractivity contribution in [1.82, 2.24) is 5.32 Å². The summed E-state index contributed by atoms with van der Waals surface area (Å²) in [6, 6.07) is -0.799. The molecule has 1 amide bonds. The molecule has 48 heavy (non-hydrogen) atoms. The van der Waals surface area contributed by atoms with E-state index in [4.69, 9.17) is 0 Å². The first-order valence-corrected chi connectivity index (χ1v) is 21.2. The number of amides is 1. The maximum Gasteiger partial charge on any atom is 0.249 e. The van der Waals surface area contributed by atoms with Crippen LogP contribution in [-0.2, 0) is 4.79 Å². The van der Waals surface area contributed by atoms with Gasteiger partial charge in [0.1, 0.15) is 6.10 Å². The highest BCUT2D eigenvalue weighted by Gasteiger charge is 2.22. The maximum absolute atomic E-state index is 12.4. The smallest absolute Gasteiger partial charge is 0.249 e. The highest BCUT2D eigenvalue weighted by Crippen LogP contribution is 2.15. The van der Waals surface area contributed by atoms with E-state index in [9.17, 15) is 20.1 Å². The predicted molar refractivity (Wildman–Crippen MR) is 208 cm³/mol. The van der Waals surface area contributed by atoms with Crippen molar-refractivity contribution in [3.05, 3.63) is 24.3 Å². The lowest BCUT2D eigenvalue weighted by atomic mass is 10.0. The molecule has 5 heteroatoms. The third-order valence-electron chi connectivity index (χ3n) is 9.79. The Hall–Kier alpha value is -1.17. The van der Waals surface area contributed by atoms with Crippen molar-refractivity contribution in [1.29, 1.82) is 0 Å².